The molecule has 4 aromatic carbocycles. The summed E-state index contributed by atoms with van der Waals surface area (Å²) in [7, 11) is -1.14. The van der Waals surface area contributed by atoms with Crippen LogP contribution in [0.15, 0.2) is 121 Å². The van der Waals surface area contributed by atoms with Crippen LogP contribution in [0.3, 0.4) is 0 Å². The Morgan fingerprint density at radius 3 is 1.07 bits per heavy atom. The van der Waals surface area contributed by atoms with E-state index < -0.39 is 8.80 Å². The summed E-state index contributed by atoms with van der Waals surface area (Å²) < 4.78 is 0. The topological polar surface area (TPSA) is 0 Å². The van der Waals surface area contributed by atoms with Gasteiger partial charge >= 0.3 is 0 Å². The first-order valence-corrected chi connectivity index (χ1v) is 10.9. The Hall–Kier alpha value is -2.90. The third kappa shape index (κ3) is 3.39. The zero-order valence-corrected chi connectivity index (χ0v) is 16.5. The zero-order chi connectivity index (χ0) is 18.5. The van der Waals surface area contributed by atoms with E-state index in [1.807, 2.05) is 0 Å². The molecule has 0 bridgehead atoms. The van der Waals surface area contributed by atoms with E-state index in [-0.39, 0.29) is 5.04 Å². The monoisotopic (exact) mass is 363 g/mol. The van der Waals surface area contributed by atoms with Crippen LogP contribution in [0.1, 0.15) is 18.1 Å². The lowest BCUT2D eigenvalue weighted by atomic mass is 9.92. The first-order chi connectivity index (χ1) is 13.3. The molecule has 0 unspecified atom stereocenters. The molecule has 131 valence electrons. The van der Waals surface area contributed by atoms with Crippen LogP contribution in [0.5, 0.6) is 0 Å². The smallest absolute Gasteiger partial charge is 0.0628 e. The highest BCUT2D eigenvalue weighted by Gasteiger charge is 2.41. The molecule has 0 aromatic heterocycles. The highest BCUT2D eigenvalue weighted by Crippen LogP contribution is 2.34. The largest absolute Gasteiger partial charge is 0.136 e. The molecule has 0 N–H and O–H groups in total. The van der Waals surface area contributed by atoms with Gasteiger partial charge in [0.15, 0.2) is 0 Å². The average Bonchev–Trinajstić information content (AvgIpc) is 2.76. The highest BCUT2D eigenvalue weighted by atomic mass is 28.3. The summed E-state index contributed by atoms with van der Waals surface area (Å²) in [4.78, 5) is 0. The number of hydrogen-bond acceptors (Lipinski definition) is 0. The van der Waals surface area contributed by atoms with Gasteiger partial charge in [-0.3, -0.25) is 0 Å². The fourth-order valence-electron chi connectivity index (χ4n) is 3.95. The lowest BCUT2D eigenvalue weighted by molar-refractivity contribution is 0.802. The van der Waals surface area contributed by atoms with E-state index in [1.165, 1.54) is 21.5 Å². The van der Waals surface area contributed by atoms with Crippen molar-refractivity contribution >= 4 is 19.2 Å². The fourth-order valence-corrected chi connectivity index (χ4v) is 7.40. The second kappa shape index (κ2) is 7.77. The highest BCUT2D eigenvalue weighted by molar-refractivity contribution is 6.88. The van der Waals surface area contributed by atoms with Gasteiger partial charge in [0.05, 0.1) is 0 Å². The zero-order valence-electron chi connectivity index (χ0n) is 15.5. The molecule has 0 saturated carbocycles. The maximum atomic E-state index is 2.42. The molecule has 4 aromatic rings. The lowest BCUT2D eigenvalue weighted by Gasteiger charge is -2.38. The van der Waals surface area contributed by atoms with Gasteiger partial charge in [0.1, 0.15) is 8.80 Å². The molecule has 0 amide bonds. The van der Waals surface area contributed by atoms with Gasteiger partial charge in [-0.15, -0.1) is 0 Å². The molecule has 0 saturated heterocycles. The van der Waals surface area contributed by atoms with Crippen molar-refractivity contribution in [2.24, 2.45) is 0 Å². The van der Waals surface area contributed by atoms with Crippen LogP contribution in [0.25, 0.3) is 0 Å². The van der Waals surface area contributed by atoms with E-state index >= 15 is 0 Å². The van der Waals surface area contributed by atoms with Gasteiger partial charge in [-0.25, -0.2) is 0 Å². The van der Waals surface area contributed by atoms with Crippen molar-refractivity contribution in [1.29, 1.82) is 0 Å². The maximum Gasteiger partial charge on any atom is 0.136 e. The van der Waals surface area contributed by atoms with Gasteiger partial charge in [-0.2, -0.15) is 0 Å². The van der Waals surface area contributed by atoms with E-state index in [9.17, 15) is 0 Å². The normalized spacial score (nSPS) is 11.5. The van der Waals surface area contributed by atoms with Crippen molar-refractivity contribution in [3.8, 4) is 0 Å². The molecule has 0 aliphatic heterocycles. The van der Waals surface area contributed by atoms with E-state index in [4.69, 9.17) is 0 Å². The van der Waals surface area contributed by atoms with Crippen LogP contribution in [0.4, 0.5) is 0 Å². The summed E-state index contributed by atoms with van der Waals surface area (Å²) in [6, 6.07) is 44.0. The van der Waals surface area contributed by atoms with Crippen LogP contribution in [0.2, 0.25) is 0 Å². The summed E-state index contributed by atoms with van der Waals surface area (Å²) >= 11 is 0. The third-order valence-electron chi connectivity index (χ3n) is 5.33. The first-order valence-electron chi connectivity index (χ1n) is 9.39. The summed E-state index contributed by atoms with van der Waals surface area (Å²) in [6.07, 6.45) is 0. The Bertz CT molecular complexity index is 885. The maximum absolute atomic E-state index is 2.42. The molecule has 0 aliphatic rings. The summed E-state index contributed by atoms with van der Waals surface area (Å²) in [6.45, 7) is 2.42. The quantitative estimate of drug-likeness (QED) is 0.445. The molecule has 0 atom stereocenters. The van der Waals surface area contributed by atoms with Crippen molar-refractivity contribution in [2.45, 2.75) is 12.0 Å². The van der Waals surface area contributed by atoms with Crippen LogP contribution in [-0.4, -0.2) is 8.80 Å². The van der Waals surface area contributed by atoms with Crippen molar-refractivity contribution in [3.63, 3.8) is 0 Å². The summed E-state index contributed by atoms with van der Waals surface area (Å²) in [5, 5.41) is 2.78. The molecule has 0 aliphatic carbocycles. The molecule has 1 heteroatoms. The predicted octanol–water partition coefficient (Wildman–Crippen LogP) is 4.84. The minimum absolute atomic E-state index is 0.0874. The molecule has 0 heterocycles. The van der Waals surface area contributed by atoms with E-state index in [1.54, 1.807) is 0 Å². The minimum atomic E-state index is -1.14. The molecule has 27 heavy (non-hydrogen) atoms. The number of hydrogen-bond donors (Lipinski definition) is 0. The van der Waals surface area contributed by atoms with Crippen molar-refractivity contribution in [1.82, 2.24) is 0 Å². The number of benzene rings is 4. The van der Waals surface area contributed by atoms with Crippen LogP contribution >= 0.6 is 0 Å². The molecular formula is C26H23Si. The Balaban J connectivity index is 2.01. The van der Waals surface area contributed by atoms with Crippen LogP contribution < -0.4 is 10.4 Å². The standard InChI is InChI=1S/C26H23Si/c1-26(22-14-6-2-7-15-22,23-16-8-3-9-17-23)27(24-18-10-4-11-19-24)25-20-12-5-13-21-25/h2-21H,1H3. The average molecular weight is 364 g/mol. The van der Waals surface area contributed by atoms with Crippen molar-refractivity contribution < 1.29 is 0 Å². The molecular weight excluding hydrogens is 340 g/mol. The Morgan fingerprint density at radius 2 is 0.741 bits per heavy atom. The SMILES string of the molecule is CC(c1ccccc1)(c1ccccc1)[Si](c1ccccc1)c1ccccc1. The lowest BCUT2D eigenvalue weighted by Crippen LogP contribution is -2.57. The van der Waals surface area contributed by atoms with E-state index in [0.29, 0.717) is 0 Å². The van der Waals surface area contributed by atoms with Crippen molar-refractivity contribution in [2.75, 3.05) is 0 Å². The van der Waals surface area contributed by atoms with E-state index in [2.05, 4.69) is 128 Å². The van der Waals surface area contributed by atoms with Crippen molar-refractivity contribution in [3.05, 3.63) is 132 Å². The van der Waals surface area contributed by atoms with Crippen LogP contribution in [-0.2, 0) is 5.04 Å². The van der Waals surface area contributed by atoms with Gasteiger partial charge in [-0.1, -0.05) is 139 Å². The second-order valence-electron chi connectivity index (χ2n) is 6.96. The molecule has 4 rings (SSSR count). The van der Waals surface area contributed by atoms with Gasteiger partial charge in [0.25, 0.3) is 0 Å². The van der Waals surface area contributed by atoms with Crippen LogP contribution in [0, 0.1) is 0 Å². The minimum Gasteiger partial charge on any atom is -0.0628 e. The van der Waals surface area contributed by atoms with Gasteiger partial charge in [0.2, 0.25) is 0 Å². The number of rotatable bonds is 5. The van der Waals surface area contributed by atoms with E-state index in [0.717, 1.165) is 0 Å². The molecule has 0 fully saturated rings. The second-order valence-corrected chi connectivity index (χ2v) is 9.87. The summed E-state index contributed by atoms with van der Waals surface area (Å²) in [5.41, 5.74) is 2.75. The molecule has 0 spiro atoms. The first kappa shape index (κ1) is 17.5. The Labute approximate surface area is 163 Å². The van der Waals surface area contributed by atoms with Gasteiger partial charge in [0, 0.05) is 5.04 Å². The molecule has 0 nitrogen and oxygen atoms in total. The third-order valence-corrected chi connectivity index (χ3v) is 8.73. The van der Waals surface area contributed by atoms with Gasteiger partial charge in [-0.05, 0) is 11.1 Å². The summed E-state index contributed by atoms with van der Waals surface area (Å²) in [5.74, 6) is 0. The van der Waals surface area contributed by atoms with Gasteiger partial charge < -0.3 is 0 Å². The Kier molecular flexibility index (Phi) is 5.04. The predicted molar refractivity (Wildman–Crippen MR) is 117 cm³/mol. The Morgan fingerprint density at radius 1 is 0.444 bits per heavy atom. The fraction of sp³-hybridized carbons (Fsp3) is 0.0769. The molecule has 1 radical (unpaired) electrons.